The zero-order valence-electron chi connectivity index (χ0n) is 27.5. The lowest BCUT2D eigenvalue weighted by Crippen LogP contribution is -2.55. The molecular weight excluding hydrogens is 598 g/mol. The fraction of sp³-hybridized carbons (Fsp3) is 0.486. The van der Waals surface area contributed by atoms with Crippen molar-refractivity contribution in [2.75, 3.05) is 42.6 Å². The first-order valence-corrected chi connectivity index (χ1v) is 17.1. The third-order valence-corrected chi connectivity index (χ3v) is 11.8. The van der Waals surface area contributed by atoms with Gasteiger partial charge in [-0.3, -0.25) is 14.4 Å². The Morgan fingerprint density at radius 1 is 1.04 bits per heavy atom. The Bertz CT molecular complexity index is 1490. The van der Waals surface area contributed by atoms with E-state index in [2.05, 4.69) is 20.1 Å². The number of anilines is 2. The van der Waals surface area contributed by atoms with Crippen LogP contribution in [-0.2, 0) is 14.4 Å². The molecule has 2 unspecified atom stereocenters. The smallest absolute Gasteiger partial charge is 0.251 e. The van der Waals surface area contributed by atoms with Crippen LogP contribution in [0.5, 0.6) is 5.75 Å². The van der Waals surface area contributed by atoms with Crippen LogP contribution in [0.2, 0.25) is 0 Å². The Morgan fingerprint density at radius 2 is 1.74 bits per heavy atom. The number of fused-ring (bicyclic) bond motifs is 1. The predicted octanol–water partition coefficient (Wildman–Crippen LogP) is 5.69. The summed E-state index contributed by atoms with van der Waals surface area (Å²) in [5.41, 5.74) is 3.51. The number of aliphatic hydroxyl groups is 1. The first-order valence-electron chi connectivity index (χ1n) is 16.3. The maximum Gasteiger partial charge on any atom is 0.251 e. The van der Waals surface area contributed by atoms with E-state index in [0.29, 0.717) is 51.2 Å². The summed E-state index contributed by atoms with van der Waals surface area (Å²) in [6.45, 7) is 17.4. The summed E-state index contributed by atoms with van der Waals surface area (Å²) in [5.74, 6) is -0.955. The van der Waals surface area contributed by atoms with Gasteiger partial charge in [-0.05, 0) is 94.8 Å². The van der Waals surface area contributed by atoms with Gasteiger partial charge in [0.1, 0.15) is 11.8 Å². The number of hydrogen-bond donors (Lipinski definition) is 1. The van der Waals surface area contributed by atoms with E-state index >= 15 is 0 Å². The van der Waals surface area contributed by atoms with Crippen LogP contribution in [0, 0.1) is 25.7 Å². The van der Waals surface area contributed by atoms with E-state index in [4.69, 9.17) is 4.74 Å². The van der Waals surface area contributed by atoms with Gasteiger partial charge in [0.15, 0.2) is 0 Å². The van der Waals surface area contributed by atoms with Crippen LogP contribution < -0.4 is 14.5 Å². The van der Waals surface area contributed by atoms with E-state index < -0.39 is 27.4 Å². The molecule has 3 fully saturated rings. The zero-order chi connectivity index (χ0) is 33.2. The topological polar surface area (TPSA) is 90.4 Å². The molecule has 0 saturated carbocycles. The number of amides is 3. The van der Waals surface area contributed by atoms with Gasteiger partial charge in [-0.1, -0.05) is 24.3 Å². The highest BCUT2D eigenvalue weighted by atomic mass is 32.2. The minimum Gasteiger partial charge on any atom is -0.494 e. The Hall–Kier alpha value is -3.56. The molecular formula is C37H47N3O5S. The van der Waals surface area contributed by atoms with E-state index in [1.165, 1.54) is 0 Å². The second-order valence-electron chi connectivity index (χ2n) is 12.9. The van der Waals surface area contributed by atoms with Crippen LogP contribution in [0.1, 0.15) is 50.7 Å². The zero-order valence-corrected chi connectivity index (χ0v) is 28.4. The van der Waals surface area contributed by atoms with Gasteiger partial charge in [0, 0.05) is 42.4 Å². The largest absolute Gasteiger partial charge is 0.494 e. The van der Waals surface area contributed by atoms with Crippen molar-refractivity contribution in [3.05, 3.63) is 78.9 Å². The normalized spacial score (nSPS) is 26.2. The number of aliphatic hydroxyl groups excluding tert-OH is 1. The summed E-state index contributed by atoms with van der Waals surface area (Å²) in [4.78, 5) is 49.5. The molecule has 9 heteroatoms. The first kappa shape index (κ1) is 33.8. The lowest BCUT2D eigenvalue weighted by molar-refractivity contribution is -0.139. The summed E-state index contributed by atoms with van der Waals surface area (Å²) < 4.78 is 4.36. The molecule has 0 aromatic heterocycles. The number of unbranched alkanes of at least 4 members (excludes halogenated alkanes) is 1. The molecule has 0 aliphatic carbocycles. The van der Waals surface area contributed by atoms with Crippen LogP contribution in [-0.4, -0.2) is 76.1 Å². The van der Waals surface area contributed by atoms with Crippen molar-refractivity contribution in [3.8, 4) is 5.75 Å². The molecule has 3 amide bonds. The minimum absolute atomic E-state index is 0.00677. The molecule has 5 atom stereocenters. The number of carbonyl (C=O) groups excluding carboxylic acids is 3. The average Bonchev–Trinajstić information content (AvgIpc) is 3.60. The molecule has 5 rings (SSSR count). The molecule has 3 heterocycles. The van der Waals surface area contributed by atoms with Crippen molar-refractivity contribution in [1.82, 2.24) is 4.90 Å². The SMILES string of the molecule is C=CCN(C(=O)[C@@H]1[C@H]2C(=O)N(CCCCO)C(C(=O)N(CC=C)c3cc(C)ccc3C)C23CC[C@@]1(C)S3)c1ccc(OCC)cc1. The monoisotopic (exact) mass is 645 g/mol. The lowest BCUT2D eigenvalue weighted by Gasteiger charge is -2.38. The fourth-order valence-corrected chi connectivity index (χ4v) is 10.2. The van der Waals surface area contributed by atoms with Crippen LogP contribution in [0.4, 0.5) is 11.4 Å². The number of carbonyl (C=O) groups is 3. The van der Waals surface area contributed by atoms with E-state index in [9.17, 15) is 19.5 Å². The molecule has 3 aliphatic heterocycles. The number of hydrogen-bond acceptors (Lipinski definition) is 6. The highest BCUT2D eigenvalue weighted by molar-refractivity contribution is 8.02. The summed E-state index contributed by atoms with van der Waals surface area (Å²) in [7, 11) is 0. The summed E-state index contributed by atoms with van der Waals surface area (Å²) >= 11 is 1.67. The third kappa shape index (κ3) is 5.77. The number of thioether (sulfide) groups is 1. The van der Waals surface area contributed by atoms with E-state index in [1.54, 1.807) is 38.6 Å². The molecule has 2 aromatic rings. The van der Waals surface area contributed by atoms with Crippen molar-refractivity contribution in [1.29, 1.82) is 0 Å². The Morgan fingerprint density at radius 3 is 2.39 bits per heavy atom. The van der Waals surface area contributed by atoms with Crippen LogP contribution in [0.3, 0.4) is 0 Å². The van der Waals surface area contributed by atoms with Gasteiger partial charge in [-0.2, -0.15) is 0 Å². The van der Waals surface area contributed by atoms with E-state index in [-0.39, 0.29) is 24.3 Å². The predicted molar refractivity (Wildman–Crippen MR) is 185 cm³/mol. The van der Waals surface area contributed by atoms with Gasteiger partial charge in [-0.25, -0.2) is 0 Å². The quantitative estimate of drug-likeness (QED) is 0.210. The second kappa shape index (κ2) is 13.7. The Kier molecular flexibility index (Phi) is 10.0. The second-order valence-corrected chi connectivity index (χ2v) is 14.8. The van der Waals surface area contributed by atoms with Gasteiger partial charge in [0.25, 0.3) is 5.91 Å². The Balaban J connectivity index is 1.57. The third-order valence-electron chi connectivity index (χ3n) is 9.85. The first-order chi connectivity index (χ1) is 22.1. The number of benzene rings is 2. The summed E-state index contributed by atoms with van der Waals surface area (Å²) in [6, 6.07) is 12.7. The van der Waals surface area contributed by atoms with Crippen molar-refractivity contribution >= 4 is 40.9 Å². The molecule has 246 valence electrons. The number of nitrogens with zero attached hydrogens (tertiary/aromatic N) is 3. The van der Waals surface area contributed by atoms with E-state index in [0.717, 1.165) is 29.0 Å². The standard InChI is InChI=1S/C37H47N3O5S/c1-7-20-38(27-14-16-28(17-15-27)45-9-3)33(42)30-31-34(43)40(22-10-11-23-41)32(37(31)19-18-36(30,6)46-37)35(44)39(21-8-2)29-24-25(4)12-13-26(29)5/h7-8,12-17,24,30-32,41H,1-2,9-11,18-23H2,3-6H3/t30-,31-,32?,36+,37?/m0/s1. The summed E-state index contributed by atoms with van der Waals surface area (Å²) in [5, 5.41) is 9.57. The molecule has 46 heavy (non-hydrogen) atoms. The number of aryl methyl sites for hydroxylation is 2. The molecule has 2 bridgehead atoms. The van der Waals surface area contributed by atoms with Crippen LogP contribution in [0.25, 0.3) is 0 Å². The average molecular weight is 646 g/mol. The lowest BCUT2D eigenvalue weighted by atomic mass is 9.66. The van der Waals surface area contributed by atoms with Crippen LogP contribution >= 0.6 is 11.8 Å². The van der Waals surface area contributed by atoms with Gasteiger partial charge in [-0.15, -0.1) is 24.9 Å². The number of likely N-dealkylation sites (tertiary alicyclic amines) is 1. The summed E-state index contributed by atoms with van der Waals surface area (Å²) in [6.07, 6.45) is 5.90. The van der Waals surface area contributed by atoms with Gasteiger partial charge < -0.3 is 24.5 Å². The van der Waals surface area contributed by atoms with Crippen molar-refractivity contribution in [3.63, 3.8) is 0 Å². The van der Waals surface area contributed by atoms with Gasteiger partial charge in [0.05, 0.1) is 23.2 Å². The maximum absolute atomic E-state index is 14.9. The molecule has 2 aromatic carbocycles. The Labute approximate surface area is 277 Å². The highest BCUT2D eigenvalue weighted by Crippen LogP contribution is 2.71. The maximum atomic E-state index is 14.9. The molecule has 3 aliphatic rings. The molecule has 1 N–H and O–H groups in total. The van der Waals surface area contributed by atoms with E-state index in [1.807, 2.05) is 63.2 Å². The van der Waals surface area contributed by atoms with Crippen molar-refractivity contribution in [2.24, 2.45) is 11.8 Å². The van der Waals surface area contributed by atoms with Crippen molar-refractivity contribution in [2.45, 2.75) is 68.9 Å². The molecule has 8 nitrogen and oxygen atoms in total. The fourth-order valence-electron chi connectivity index (χ4n) is 7.82. The minimum atomic E-state index is -0.752. The van der Waals surface area contributed by atoms with Gasteiger partial charge >= 0.3 is 0 Å². The number of rotatable bonds is 14. The molecule has 0 radical (unpaired) electrons. The van der Waals surface area contributed by atoms with Crippen LogP contribution in [0.15, 0.2) is 67.8 Å². The molecule has 3 saturated heterocycles. The highest BCUT2D eigenvalue weighted by Gasteiger charge is 2.77. The number of ether oxygens (including phenoxy) is 1. The molecule has 1 spiro atoms. The van der Waals surface area contributed by atoms with Gasteiger partial charge in [0.2, 0.25) is 11.8 Å². The van der Waals surface area contributed by atoms with Crippen molar-refractivity contribution < 1.29 is 24.2 Å².